The maximum absolute atomic E-state index is 8.36. The van der Waals surface area contributed by atoms with Crippen molar-refractivity contribution < 1.29 is 0 Å². The first-order chi connectivity index (χ1) is 7.79. The monoisotopic (exact) mass is 233 g/mol. The van der Waals surface area contributed by atoms with E-state index in [0.717, 1.165) is 18.5 Å². The highest BCUT2D eigenvalue weighted by Gasteiger charge is 2.04. The maximum Gasteiger partial charge on any atom is 0.135 e. The summed E-state index contributed by atoms with van der Waals surface area (Å²) >= 11 is 6.07. The van der Waals surface area contributed by atoms with Crippen molar-refractivity contribution in [1.82, 2.24) is 9.97 Å². The number of unbranched alkanes of at least 4 members (excludes halogenated alkanes) is 2. The minimum absolute atomic E-state index is 0.534. The number of hydrogen-bond donors (Lipinski definition) is 0. The molecule has 0 aliphatic heterocycles. The number of aryl methyl sites for hydroxylation is 1. The minimum Gasteiger partial charge on any atom is -0.240 e. The Morgan fingerprint density at radius 3 is 2.88 bits per heavy atom. The van der Waals surface area contributed by atoms with Gasteiger partial charge in [0, 0.05) is 12.8 Å². The lowest BCUT2D eigenvalue weighted by atomic mass is 10.2. The van der Waals surface area contributed by atoms with Gasteiger partial charge in [-0.25, -0.2) is 9.97 Å². The standard InChI is InChI=1S/C12H12ClN3/c1-2-10-12(13)11(16-9-15-10)7-5-3-4-6-8-14/h9H,2-4,6H2,1H3. The quantitative estimate of drug-likeness (QED) is 0.596. The lowest BCUT2D eigenvalue weighted by molar-refractivity contribution is 0.893. The van der Waals surface area contributed by atoms with Crippen LogP contribution in [0.3, 0.4) is 0 Å². The van der Waals surface area contributed by atoms with Crippen molar-refractivity contribution in [3.63, 3.8) is 0 Å². The van der Waals surface area contributed by atoms with Gasteiger partial charge in [0.05, 0.1) is 16.8 Å². The highest BCUT2D eigenvalue weighted by molar-refractivity contribution is 6.32. The van der Waals surface area contributed by atoms with Gasteiger partial charge in [-0.2, -0.15) is 5.26 Å². The zero-order valence-corrected chi connectivity index (χ0v) is 9.88. The zero-order valence-electron chi connectivity index (χ0n) is 9.13. The molecule has 0 radical (unpaired) electrons. The number of hydrogen-bond acceptors (Lipinski definition) is 3. The molecule has 16 heavy (non-hydrogen) atoms. The van der Waals surface area contributed by atoms with Crippen LogP contribution in [0, 0.1) is 23.2 Å². The first-order valence-electron chi connectivity index (χ1n) is 5.14. The van der Waals surface area contributed by atoms with Crippen molar-refractivity contribution in [2.75, 3.05) is 0 Å². The van der Waals surface area contributed by atoms with Crippen LogP contribution in [0.15, 0.2) is 6.33 Å². The number of nitriles is 1. The predicted molar refractivity (Wildman–Crippen MR) is 62.8 cm³/mol. The van der Waals surface area contributed by atoms with Crippen molar-refractivity contribution in [1.29, 1.82) is 5.26 Å². The number of halogens is 1. The molecule has 1 aromatic heterocycles. The van der Waals surface area contributed by atoms with Crippen LogP contribution >= 0.6 is 11.6 Å². The van der Waals surface area contributed by atoms with Gasteiger partial charge < -0.3 is 0 Å². The van der Waals surface area contributed by atoms with E-state index in [4.69, 9.17) is 16.9 Å². The van der Waals surface area contributed by atoms with Crippen LogP contribution in [-0.4, -0.2) is 9.97 Å². The molecule has 82 valence electrons. The third-order valence-corrected chi connectivity index (χ3v) is 2.39. The molecule has 3 nitrogen and oxygen atoms in total. The second-order valence-corrected chi connectivity index (χ2v) is 3.53. The van der Waals surface area contributed by atoms with Crippen molar-refractivity contribution in [3.8, 4) is 17.9 Å². The Kier molecular flexibility index (Phi) is 5.32. The molecular formula is C12H12ClN3. The summed E-state index contributed by atoms with van der Waals surface area (Å²) in [6.45, 7) is 1.98. The van der Waals surface area contributed by atoms with E-state index in [1.807, 2.05) is 6.92 Å². The van der Waals surface area contributed by atoms with E-state index < -0.39 is 0 Å². The summed E-state index contributed by atoms with van der Waals surface area (Å²) in [6.07, 6.45) is 4.25. The fourth-order valence-electron chi connectivity index (χ4n) is 1.14. The van der Waals surface area contributed by atoms with E-state index in [-0.39, 0.29) is 0 Å². The molecule has 0 bridgehead atoms. The Bertz CT molecular complexity index is 452. The van der Waals surface area contributed by atoms with E-state index in [0.29, 0.717) is 23.6 Å². The number of nitrogens with zero attached hydrogens (tertiary/aromatic N) is 3. The van der Waals surface area contributed by atoms with Crippen LogP contribution in [-0.2, 0) is 6.42 Å². The summed E-state index contributed by atoms with van der Waals surface area (Å²) < 4.78 is 0. The molecule has 0 aromatic carbocycles. The summed E-state index contributed by atoms with van der Waals surface area (Å²) in [4.78, 5) is 8.08. The van der Waals surface area contributed by atoms with Crippen LogP contribution < -0.4 is 0 Å². The van der Waals surface area contributed by atoms with Crippen LogP contribution in [0.4, 0.5) is 0 Å². The Morgan fingerprint density at radius 2 is 2.19 bits per heavy atom. The van der Waals surface area contributed by atoms with Gasteiger partial charge in [0.1, 0.15) is 12.0 Å². The molecule has 0 aliphatic carbocycles. The Balaban J connectivity index is 2.70. The average Bonchev–Trinajstić information content (AvgIpc) is 2.31. The normalized spacial score (nSPS) is 9.06. The molecule has 1 heterocycles. The number of aromatic nitrogens is 2. The fourth-order valence-corrected chi connectivity index (χ4v) is 1.42. The van der Waals surface area contributed by atoms with Crippen molar-refractivity contribution >= 4 is 11.6 Å². The molecule has 0 spiro atoms. The van der Waals surface area contributed by atoms with E-state index in [1.165, 1.54) is 6.33 Å². The van der Waals surface area contributed by atoms with Gasteiger partial charge >= 0.3 is 0 Å². The van der Waals surface area contributed by atoms with Gasteiger partial charge in [0.25, 0.3) is 0 Å². The molecule has 0 saturated heterocycles. The fraction of sp³-hybridized carbons (Fsp3) is 0.417. The summed E-state index contributed by atoms with van der Waals surface area (Å²) in [5, 5.41) is 8.89. The van der Waals surface area contributed by atoms with Crippen LogP contribution in [0.5, 0.6) is 0 Å². The van der Waals surface area contributed by atoms with Crippen molar-refractivity contribution in [2.45, 2.75) is 32.6 Å². The molecule has 1 rings (SSSR count). The predicted octanol–water partition coefficient (Wildman–Crippen LogP) is 2.74. The average molecular weight is 234 g/mol. The van der Waals surface area contributed by atoms with E-state index in [1.54, 1.807) is 0 Å². The SMILES string of the molecule is CCc1ncnc(C#CCCCC#N)c1Cl. The highest BCUT2D eigenvalue weighted by Crippen LogP contribution is 2.16. The summed E-state index contributed by atoms with van der Waals surface area (Å²) in [7, 11) is 0. The molecule has 4 heteroatoms. The van der Waals surface area contributed by atoms with Crippen LogP contribution in [0.1, 0.15) is 37.6 Å². The van der Waals surface area contributed by atoms with Gasteiger partial charge in [0.2, 0.25) is 0 Å². The largest absolute Gasteiger partial charge is 0.240 e. The summed E-state index contributed by atoms with van der Waals surface area (Å²) in [5.41, 5.74) is 1.39. The highest BCUT2D eigenvalue weighted by atomic mass is 35.5. The topological polar surface area (TPSA) is 49.6 Å². The molecule has 0 amide bonds. The zero-order chi connectivity index (χ0) is 11.8. The van der Waals surface area contributed by atoms with Gasteiger partial charge in [-0.15, -0.1) is 0 Å². The van der Waals surface area contributed by atoms with Crippen molar-refractivity contribution in [2.24, 2.45) is 0 Å². The maximum atomic E-state index is 8.36. The molecule has 0 atom stereocenters. The molecular weight excluding hydrogens is 222 g/mol. The first-order valence-corrected chi connectivity index (χ1v) is 5.52. The summed E-state index contributed by atoms with van der Waals surface area (Å²) in [6, 6.07) is 2.08. The van der Waals surface area contributed by atoms with E-state index >= 15 is 0 Å². The Morgan fingerprint density at radius 1 is 1.38 bits per heavy atom. The first kappa shape index (κ1) is 12.5. The molecule has 1 aromatic rings. The summed E-state index contributed by atoms with van der Waals surface area (Å²) in [5.74, 6) is 5.86. The molecule has 0 fully saturated rings. The molecule has 0 N–H and O–H groups in total. The molecule has 0 unspecified atom stereocenters. The van der Waals surface area contributed by atoms with Gasteiger partial charge in [0.15, 0.2) is 0 Å². The van der Waals surface area contributed by atoms with Gasteiger partial charge in [-0.05, 0) is 18.8 Å². The van der Waals surface area contributed by atoms with E-state index in [9.17, 15) is 0 Å². The lowest BCUT2D eigenvalue weighted by Gasteiger charge is -1.99. The van der Waals surface area contributed by atoms with Crippen LogP contribution in [0.25, 0.3) is 0 Å². The number of rotatable bonds is 3. The Labute approximate surface area is 100 Å². The van der Waals surface area contributed by atoms with E-state index in [2.05, 4.69) is 27.9 Å². The third kappa shape index (κ3) is 3.53. The van der Waals surface area contributed by atoms with Crippen LogP contribution in [0.2, 0.25) is 5.02 Å². The van der Waals surface area contributed by atoms with Gasteiger partial charge in [-0.1, -0.05) is 24.4 Å². The van der Waals surface area contributed by atoms with Crippen molar-refractivity contribution in [3.05, 3.63) is 22.7 Å². The second kappa shape index (κ2) is 6.82. The lowest BCUT2D eigenvalue weighted by Crippen LogP contribution is -1.94. The minimum atomic E-state index is 0.534. The third-order valence-electron chi connectivity index (χ3n) is 1.99. The molecule has 0 saturated carbocycles. The second-order valence-electron chi connectivity index (χ2n) is 3.15. The van der Waals surface area contributed by atoms with Gasteiger partial charge in [-0.3, -0.25) is 0 Å². The smallest absolute Gasteiger partial charge is 0.135 e. The molecule has 0 aliphatic rings. The Hall–Kier alpha value is -1.58.